The van der Waals surface area contributed by atoms with E-state index in [0.717, 1.165) is 44.1 Å². The van der Waals surface area contributed by atoms with E-state index in [2.05, 4.69) is 16.0 Å². The molecular formula is C26H22N2O4. The molecule has 0 amide bonds. The summed E-state index contributed by atoms with van der Waals surface area (Å²) in [7, 11) is 3.26. The summed E-state index contributed by atoms with van der Waals surface area (Å²) < 4.78 is 16.9. The van der Waals surface area contributed by atoms with Gasteiger partial charge in [0.2, 0.25) is 5.89 Å². The lowest BCUT2D eigenvalue weighted by molar-refractivity contribution is 0.282. The number of ether oxygens (including phenoxy) is 2. The van der Waals surface area contributed by atoms with Crippen molar-refractivity contribution >= 4 is 21.9 Å². The van der Waals surface area contributed by atoms with Gasteiger partial charge in [-0.3, -0.25) is 4.98 Å². The largest absolute Gasteiger partial charge is 0.493 e. The fourth-order valence-electron chi connectivity index (χ4n) is 3.87. The number of hydrogen-bond acceptors (Lipinski definition) is 6. The first-order valence-electron chi connectivity index (χ1n) is 10.3. The number of hydrogen-bond donors (Lipinski definition) is 1. The Morgan fingerprint density at radius 2 is 1.62 bits per heavy atom. The van der Waals surface area contributed by atoms with E-state index in [1.165, 1.54) is 0 Å². The maximum Gasteiger partial charge on any atom is 0.227 e. The van der Waals surface area contributed by atoms with Crippen molar-refractivity contribution in [3.8, 4) is 23.0 Å². The molecule has 6 nitrogen and oxygen atoms in total. The minimum absolute atomic E-state index is 0.0128. The van der Waals surface area contributed by atoms with Gasteiger partial charge in [0, 0.05) is 23.3 Å². The summed E-state index contributed by atoms with van der Waals surface area (Å²) >= 11 is 0. The average Bonchev–Trinajstić information content (AvgIpc) is 3.27. The van der Waals surface area contributed by atoms with E-state index in [9.17, 15) is 5.11 Å². The zero-order chi connectivity index (χ0) is 22.1. The Bertz CT molecular complexity index is 1410. The molecule has 2 heterocycles. The standard InChI is InChI=1S/C26H22N2O4/c1-30-24-11-20-14-27-13-19(21(20)12-25(24)31-2)9-17-5-8-22-23(10-17)32-26(28-22)18-6-3-16(15-29)4-7-18/h3-8,10-14,29H,9,15H2,1-2H3. The number of benzene rings is 3. The van der Waals surface area contributed by atoms with Crippen LogP contribution in [0.15, 0.2) is 71.4 Å². The second-order valence-electron chi connectivity index (χ2n) is 7.58. The summed E-state index contributed by atoms with van der Waals surface area (Å²) in [5.74, 6) is 1.93. The van der Waals surface area contributed by atoms with Gasteiger partial charge in [-0.2, -0.15) is 0 Å². The number of methoxy groups -OCH3 is 2. The van der Waals surface area contributed by atoms with Crippen molar-refractivity contribution < 1.29 is 19.0 Å². The zero-order valence-electron chi connectivity index (χ0n) is 17.8. The molecule has 0 aliphatic carbocycles. The van der Waals surface area contributed by atoms with Gasteiger partial charge in [-0.25, -0.2) is 4.98 Å². The molecule has 0 spiro atoms. The molecule has 0 fully saturated rings. The lowest BCUT2D eigenvalue weighted by Gasteiger charge is -2.11. The fraction of sp³-hybridized carbons (Fsp3) is 0.154. The van der Waals surface area contributed by atoms with Crippen LogP contribution in [0.2, 0.25) is 0 Å². The Morgan fingerprint density at radius 1 is 0.875 bits per heavy atom. The smallest absolute Gasteiger partial charge is 0.227 e. The third kappa shape index (κ3) is 3.65. The van der Waals surface area contributed by atoms with E-state index in [1.54, 1.807) is 14.2 Å². The fourth-order valence-corrected chi connectivity index (χ4v) is 3.87. The van der Waals surface area contributed by atoms with Crippen LogP contribution in [0.25, 0.3) is 33.3 Å². The number of pyridine rings is 1. The minimum atomic E-state index is 0.0128. The van der Waals surface area contributed by atoms with Crippen LogP contribution in [0.3, 0.4) is 0 Å². The first-order chi connectivity index (χ1) is 15.7. The molecule has 5 aromatic rings. The van der Waals surface area contributed by atoms with Gasteiger partial charge < -0.3 is 19.0 Å². The number of nitrogens with zero attached hydrogens (tertiary/aromatic N) is 2. The van der Waals surface area contributed by atoms with Crippen LogP contribution in [0.4, 0.5) is 0 Å². The summed E-state index contributed by atoms with van der Waals surface area (Å²) in [5.41, 5.74) is 5.44. The number of aromatic nitrogens is 2. The zero-order valence-corrected chi connectivity index (χ0v) is 17.8. The average molecular weight is 426 g/mol. The maximum absolute atomic E-state index is 9.23. The van der Waals surface area contributed by atoms with Crippen LogP contribution >= 0.6 is 0 Å². The monoisotopic (exact) mass is 426 g/mol. The number of rotatable bonds is 6. The highest BCUT2D eigenvalue weighted by molar-refractivity contribution is 5.88. The van der Waals surface area contributed by atoms with Gasteiger partial charge in [-0.1, -0.05) is 18.2 Å². The molecule has 0 bridgehead atoms. The molecule has 0 saturated carbocycles. The quantitative estimate of drug-likeness (QED) is 0.405. The van der Waals surface area contributed by atoms with Gasteiger partial charge >= 0.3 is 0 Å². The molecule has 0 aliphatic rings. The molecule has 0 atom stereocenters. The van der Waals surface area contributed by atoms with Crippen molar-refractivity contribution in [1.29, 1.82) is 0 Å². The van der Waals surface area contributed by atoms with Crippen molar-refractivity contribution in [3.05, 3.63) is 83.7 Å². The van der Waals surface area contributed by atoms with Crippen molar-refractivity contribution in [2.24, 2.45) is 0 Å². The predicted octanol–water partition coefficient (Wildman–Crippen LogP) is 5.14. The summed E-state index contributed by atoms with van der Waals surface area (Å²) in [6.07, 6.45) is 4.40. The van der Waals surface area contributed by atoms with E-state index in [0.29, 0.717) is 23.8 Å². The van der Waals surface area contributed by atoms with E-state index < -0.39 is 0 Å². The number of aliphatic hydroxyl groups is 1. The number of oxazole rings is 1. The van der Waals surface area contributed by atoms with Gasteiger partial charge in [0.15, 0.2) is 17.1 Å². The molecule has 6 heteroatoms. The molecule has 32 heavy (non-hydrogen) atoms. The third-order valence-corrected chi connectivity index (χ3v) is 5.58. The number of fused-ring (bicyclic) bond motifs is 2. The second kappa shape index (κ2) is 8.32. The maximum atomic E-state index is 9.23. The molecule has 0 aliphatic heterocycles. The first kappa shape index (κ1) is 20.0. The van der Waals surface area contributed by atoms with E-state index in [-0.39, 0.29) is 6.61 Å². The molecule has 1 N–H and O–H groups in total. The molecule has 0 saturated heterocycles. The van der Waals surface area contributed by atoms with Gasteiger partial charge in [-0.05, 0) is 64.9 Å². The second-order valence-corrected chi connectivity index (χ2v) is 7.58. The SMILES string of the molecule is COc1cc2cncc(Cc3ccc4nc(-c5ccc(CO)cc5)oc4c3)c2cc1OC. The Balaban J connectivity index is 1.49. The summed E-state index contributed by atoms with van der Waals surface area (Å²) in [5, 5.41) is 11.3. The Hall–Kier alpha value is -3.90. The molecule has 160 valence electrons. The molecular weight excluding hydrogens is 404 g/mol. The van der Waals surface area contributed by atoms with Crippen LogP contribution < -0.4 is 9.47 Å². The van der Waals surface area contributed by atoms with Crippen LogP contribution in [0.5, 0.6) is 11.5 Å². The van der Waals surface area contributed by atoms with Gasteiger partial charge in [-0.15, -0.1) is 0 Å². The van der Waals surface area contributed by atoms with Crippen molar-refractivity contribution in [2.45, 2.75) is 13.0 Å². The van der Waals surface area contributed by atoms with Crippen molar-refractivity contribution in [3.63, 3.8) is 0 Å². The summed E-state index contributed by atoms with van der Waals surface area (Å²) in [6, 6.07) is 17.5. The molecule has 3 aromatic carbocycles. The van der Waals surface area contributed by atoms with Crippen molar-refractivity contribution in [1.82, 2.24) is 9.97 Å². The lowest BCUT2D eigenvalue weighted by atomic mass is 10.0. The summed E-state index contributed by atoms with van der Waals surface area (Å²) in [6.45, 7) is 0.0128. The van der Waals surface area contributed by atoms with Crippen LogP contribution in [-0.4, -0.2) is 29.3 Å². The highest BCUT2D eigenvalue weighted by Gasteiger charge is 2.12. The van der Waals surface area contributed by atoms with E-state index in [4.69, 9.17) is 13.9 Å². The minimum Gasteiger partial charge on any atom is -0.493 e. The lowest BCUT2D eigenvalue weighted by Crippen LogP contribution is -1.95. The molecule has 0 radical (unpaired) electrons. The topological polar surface area (TPSA) is 77.6 Å². The Morgan fingerprint density at radius 3 is 2.38 bits per heavy atom. The van der Waals surface area contributed by atoms with Gasteiger partial charge in [0.05, 0.1) is 20.8 Å². The summed E-state index contributed by atoms with van der Waals surface area (Å²) in [4.78, 5) is 9.02. The van der Waals surface area contributed by atoms with Crippen LogP contribution in [-0.2, 0) is 13.0 Å². The van der Waals surface area contributed by atoms with Crippen LogP contribution in [0, 0.1) is 0 Å². The van der Waals surface area contributed by atoms with E-state index >= 15 is 0 Å². The normalized spacial score (nSPS) is 11.2. The van der Waals surface area contributed by atoms with Crippen molar-refractivity contribution in [2.75, 3.05) is 14.2 Å². The van der Waals surface area contributed by atoms with Crippen LogP contribution in [0.1, 0.15) is 16.7 Å². The van der Waals surface area contributed by atoms with E-state index in [1.807, 2.05) is 60.9 Å². The first-order valence-corrected chi connectivity index (χ1v) is 10.3. The highest BCUT2D eigenvalue weighted by atomic mass is 16.5. The predicted molar refractivity (Wildman–Crippen MR) is 123 cm³/mol. The molecule has 2 aromatic heterocycles. The van der Waals surface area contributed by atoms with Gasteiger partial charge in [0.1, 0.15) is 5.52 Å². The molecule has 0 unspecified atom stereocenters. The Labute approximate surface area is 185 Å². The Kier molecular flexibility index (Phi) is 5.21. The number of aliphatic hydroxyl groups excluding tert-OH is 1. The molecule has 5 rings (SSSR count). The highest BCUT2D eigenvalue weighted by Crippen LogP contribution is 2.34. The third-order valence-electron chi connectivity index (χ3n) is 5.58. The van der Waals surface area contributed by atoms with Gasteiger partial charge in [0.25, 0.3) is 0 Å².